The van der Waals surface area contributed by atoms with E-state index in [1.165, 1.54) is 0 Å². The van der Waals surface area contributed by atoms with Gasteiger partial charge < -0.3 is 15.5 Å². The largest absolute Gasteiger partial charge is 0.378 e. The van der Waals surface area contributed by atoms with E-state index >= 15 is 0 Å². The zero-order valence-electron chi connectivity index (χ0n) is 17.9. The summed E-state index contributed by atoms with van der Waals surface area (Å²) in [5, 5.41) is 5.87. The highest BCUT2D eigenvalue weighted by Crippen LogP contribution is 2.27. The molecule has 2 aliphatic rings. The number of nitrogens with one attached hydrogen (secondary N) is 2. The van der Waals surface area contributed by atoms with Crippen LogP contribution in [-0.2, 0) is 9.59 Å². The molecule has 1 aromatic heterocycles. The molecule has 6 heteroatoms. The highest BCUT2D eigenvalue weighted by atomic mass is 16.2. The summed E-state index contributed by atoms with van der Waals surface area (Å²) in [5.41, 5.74) is 7.59. The Morgan fingerprint density at radius 1 is 0.862 bits per heavy atom. The average Bonchev–Trinajstić information content (AvgIpc) is 3.09. The zero-order chi connectivity index (χ0) is 21.3. The van der Waals surface area contributed by atoms with Crippen LogP contribution < -0.4 is 15.5 Å². The van der Waals surface area contributed by atoms with Gasteiger partial charge in [-0.1, -0.05) is 13.8 Å². The number of amides is 2. The van der Waals surface area contributed by atoms with Crippen LogP contribution in [0.4, 0.5) is 5.69 Å². The molecule has 0 spiro atoms. The minimum absolute atomic E-state index is 0.0381. The van der Waals surface area contributed by atoms with Crippen molar-refractivity contribution in [3.63, 3.8) is 0 Å². The predicted molar refractivity (Wildman–Crippen MR) is 117 cm³/mol. The molecule has 3 rings (SSSR count). The Morgan fingerprint density at radius 2 is 1.28 bits per heavy atom. The van der Waals surface area contributed by atoms with E-state index in [4.69, 9.17) is 4.98 Å². The maximum Gasteiger partial charge on any atom is 0.251 e. The lowest BCUT2D eigenvalue weighted by atomic mass is 10.1. The van der Waals surface area contributed by atoms with Crippen molar-refractivity contribution >= 4 is 29.7 Å². The Morgan fingerprint density at radius 3 is 1.59 bits per heavy atom. The van der Waals surface area contributed by atoms with Gasteiger partial charge in [-0.3, -0.25) is 9.59 Å². The van der Waals surface area contributed by atoms with Gasteiger partial charge in [0.15, 0.2) is 0 Å². The third-order valence-electron chi connectivity index (χ3n) is 5.42. The van der Waals surface area contributed by atoms with Gasteiger partial charge >= 0.3 is 0 Å². The van der Waals surface area contributed by atoms with Crippen LogP contribution >= 0.6 is 0 Å². The molecule has 0 bridgehead atoms. The second-order valence-electron chi connectivity index (χ2n) is 7.51. The SMILES string of the molecule is CCC1=C(C)/C(=C/c2cc(N(C)C)cc(/C=C3\NC(=O)C(CC)=C3C)n2)NC1=O. The molecule has 3 heterocycles. The smallest absolute Gasteiger partial charge is 0.251 e. The number of anilines is 1. The molecule has 6 nitrogen and oxygen atoms in total. The summed E-state index contributed by atoms with van der Waals surface area (Å²) in [6, 6.07) is 3.96. The molecule has 0 aromatic carbocycles. The molecule has 2 amide bonds. The van der Waals surface area contributed by atoms with Gasteiger partial charge in [-0.15, -0.1) is 0 Å². The fraction of sp³-hybridized carbons (Fsp3) is 0.348. The van der Waals surface area contributed by atoms with Gasteiger partial charge in [0.2, 0.25) is 0 Å². The van der Waals surface area contributed by atoms with E-state index in [2.05, 4.69) is 10.6 Å². The summed E-state index contributed by atoms with van der Waals surface area (Å²) < 4.78 is 0. The molecule has 1 aromatic rings. The van der Waals surface area contributed by atoms with Crippen LogP contribution in [0.25, 0.3) is 12.2 Å². The number of hydrogen-bond acceptors (Lipinski definition) is 4. The topological polar surface area (TPSA) is 74.3 Å². The number of allylic oxidation sites excluding steroid dienone is 2. The predicted octanol–water partition coefficient (Wildman–Crippen LogP) is 3.54. The lowest BCUT2D eigenvalue weighted by Crippen LogP contribution is -2.16. The first-order valence-corrected chi connectivity index (χ1v) is 9.90. The maximum atomic E-state index is 12.1. The number of carbonyl (C=O) groups is 2. The summed E-state index contributed by atoms with van der Waals surface area (Å²) in [5.74, 6) is -0.0761. The van der Waals surface area contributed by atoms with E-state index in [0.717, 1.165) is 50.8 Å². The van der Waals surface area contributed by atoms with Crippen molar-refractivity contribution in [2.45, 2.75) is 40.5 Å². The average molecular weight is 393 g/mol. The van der Waals surface area contributed by atoms with E-state index in [0.29, 0.717) is 12.8 Å². The summed E-state index contributed by atoms with van der Waals surface area (Å²) in [6.07, 6.45) is 5.20. The Balaban J connectivity index is 2.05. The Bertz CT molecular complexity index is 935. The summed E-state index contributed by atoms with van der Waals surface area (Å²) in [6.45, 7) is 7.87. The van der Waals surface area contributed by atoms with Gasteiger partial charge in [-0.05, 0) is 62.1 Å². The van der Waals surface area contributed by atoms with E-state index < -0.39 is 0 Å². The molecule has 0 saturated carbocycles. The number of pyridine rings is 1. The lowest BCUT2D eigenvalue weighted by molar-refractivity contribution is -0.117. The van der Waals surface area contributed by atoms with Crippen LogP contribution in [0.2, 0.25) is 0 Å². The van der Waals surface area contributed by atoms with Crippen molar-refractivity contribution in [3.8, 4) is 0 Å². The number of nitrogens with zero attached hydrogens (tertiary/aromatic N) is 2. The monoisotopic (exact) mass is 392 g/mol. The Labute approximate surface area is 172 Å². The molecular formula is C23H28N4O2. The standard InChI is InChI=1S/C23H28N4O2/c1-7-18-13(3)20(25-22(18)28)11-15-9-17(27(5)6)10-16(24-15)12-21-14(4)19(8-2)23(29)26-21/h9-12H,7-8H2,1-6H3,(H,25,28)(H,26,29)/b20-11-,21-12-. The molecular weight excluding hydrogens is 364 g/mol. The van der Waals surface area contributed by atoms with Crippen molar-refractivity contribution in [1.29, 1.82) is 0 Å². The molecule has 0 atom stereocenters. The summed E-state index contributed by atoms with van der Waals surface area (Å²) in [4.78, 5) is 31.0. The number of aromatic nitrogens is 1. The van der Waals surface area contributed by atoms with Crippen LogP contribution in [0.1, 0.15) is 51.9 Å². The molecule has 0 aliphatic carbocycles. The first-order chi connectivity index (χ1) is 13.7. The third kappa shape index (κ3) is 4.01. The van der Waals surface area contributed by atoms with Gasteiger partial charge in [0.05, 0.1) is 11.4 Å². The van der Waals surface area contributed by atoms with Crippen molar-refractivity contribution < 1.29 is 9.59 Å². The van der Waals surface area contributed by atoms with Gasteiger partial charge in [0.1, 0.15) is 0 Å². The van der Waals surface area contributed by atoms with E-state index in [1.54, 1.807) is 0 Å². The van der Waals surface area contributed by atoms with Crippen molar-refractivity contribution in [1.82, 2.24) is 15.6 Å². The van der Waals surface area contributed by atoms with Crippen LogP contribution in [0, 0.1) is 0 Å². The maximum absolute atomic E-state index is 12.1. The molecule has 2 N–H and O–H groups in total. The summed E-state index contributed by atoms with van der Waals surface area (Å²) >= 11 is 0. The summed E-state index contributed by atoms with van der Waals surface area (Å²) in [7, 11) is 3.94. The molecule has 152 valence electrons. The van der Waals surface area contributed by atoms with Crippen LogP contribution in [0.5, 0.6) is 0 Å². The lowest BCUT2D eigenvalue weighted by Gasteiger charge is -2.14. The van der Waals surface area contributed by atoms with Gasteiger partial charge in [-0.2, -0.15) is 0 Å². The second-order valence-corrected chi connectivity index (χ2v) is 7.51. The number of hydrogen-bond donors (Lipinski definition) is 2. The van der Waals surface area contributed by atoms with Crippen LogP contribution in [-0.4, -0.2) is 30.9 Å². The minimum Gasteiger partial charge on any atom is -0.378 e. The molecule has 0 fully saturated rings. The first-order valence-electron chi connectivity index (χ1n) is 9.90. The van der Waals surface area contributed by atoms with Crippen LogP contribution in [0.15, 0.2) is 45.8 Å². The highest BCUT2D eigenvalue weighted by Gasteiger charge is 2.24. The van der Waals surface area contributed by atoms with Crippen molar-refractivity contribution in [2.24, 2.45) is 0 Å². The third-order valence-corrected chi connectivity index (χ3v) is 5.42. The highest BCUT2D eigenvalue weighted by molar-refractivity contribution is 6.01. The van der Waals surface area contributed by atoms with E-state index in [9.17, 15) is 9.59 Å². The quantitative estimate of drug-likeness (QED) is 0.804. The van der Waals surface area contributed by atoms with Crippen molar-refractivity contribution in [2.75, 3.05) is 19.0 Å². The van der Waals surface area contributed by atoms with Gasteiger partial charge in [0, 0.05) is 42.3 Å². The Hall–Kier alpha value is -3.15. The van der Waals surface area contributed by atoms with Gasteiger partial charge in [-0.25, -0.2) is 4.98 Å². The minimum atomic E-state index is -0.0381. The van der Waals surface area contributed by atoms with Crippen LogP contribution in [0.3, 0.4) is 0 Å². The van der Waals surface area contributed by atoms with E-state index in [-0.39, 0.29) is 11.8 Å². The Kier molecular flexibility index (Phi) is 5.73. The van der Waals surface area contributed by atoms with Crippen molar-refractivity contribution in [3.05, 3.63) is 57.2 Å². The molecule has 0 radical (unpaired) electrons. The second kappa shape index (κ2) is 8.07. The molecule has 29 heavy (non-hydrogen) atoms. The molecule has 2 aliphatic heterocycles. The fourth-order valence-corrected chi connectivity index (χ4v) is 3.65. The normalized spacial score (nSPS) is 19.5. The fourth-order valence-electron chi connectivity index (χ4n) is 3.65. The van der Waals surface area contributed by atoms with E-state index in [1.807, 2.05) is 71.0 Å². The first kappa shape index (κ1) is 20.6. The molecule has 0 saturated heterocycles. The molecule has 0 unspecified atom stereocenters. The van der Waals surface area contributed by atoms with Gasteiger partial charge in [0.25, 0.3) is 11.8 Å². The number of carbonyl (C=O) groups excluding carboxylic acids is 2. The number of rotatable bonds is 5. The zero-order valence-corrected chi connectivity index (χ0v) is 17.9.